The number of rotatable bonds is 5. The van der Waals surface area contributed by atoms with Gasteiger partial charge in [0.05, 0.1) is 42.4 Å². The van der Waals surface area contributed by atoms with Crippen molar-refractivity contribution in [3.05, 3.63) is 54.6 Å². The van der Waals surface area contributed by atoms with E-state index < -0.39 is 0 Å². The Morgan fingerprint density at radius 2 is 2.11 bits per heavy atom. The molecule has 0 spiro atoms. The van der Waals surface area contributed by atoms with Gasteiger partial charge >= 0.3 is 0 Å². The van der Waals surface area contributed by atoms with Crippen molar-refractivity contribution in [1.82, 2.24) is 19.7 Å². The normalized spacial score (nSPS) is 11.1. The lowest BCUT2D eigenvalue weighted by molar-refractivity contribution is 0.102. The summed E-state index contributed by atoms with van der Waals surface area (Å²) in [6.07, 6.45) is 4.78. The molecule has 4 rings (SSSR count). The molecule has 142 valence electrons. The molecule has 4 aromatic rings. The maximum absolute atomic E-state index is 13.0. The molecule has 28 heavy (non-hydrogen) atoms. The van der Waals surface area contributed by atoms with Crippen molar-refractivity contribution in [1.29, 1.82) is 0 Å². The number of methoxy groups -OCH3 is 1. The van der Waals surface area contributed by atoms with Gasteiger partial charge in [0.25, 0.3) is 5.91 Å². The second-order valence-corrected chi connectivity index (χ2v) is 6.50. The first kappa shape index (κ1) is 17.7. The first-order valence-corrected chi connectivity index (χ1v) is 8.80. The van der Waals surface area contributed by atoms with Crippen LogP contribution in [0.1, 0.15) is 30.2 Å². The summed E-state index contributed by atoms with van der Waals surface area (Å²) in [5, 5.41) is 7.93. The number of nitrogens with one attached hydrogen (secondary N) is 1. The van der Waals surface area contributed by atoms with Crippen molar-refractivity contribution in [2.75, 3.05) is 12.4 Å². The zero-order chi connectivity index (χ0) is 19.7. The predicted octanol–water partition coefficient (Wildman–Crippen LogP) is 3.93. The molecule has 4 aromatic heterocycles. The standard InChI is InChI=1S/C20H19N5O3/c1-12(2)25-19-15(11-22-25)14(9-16(24-19)17-5-4-8-28-17)20(26)23-13-6-7-18(27-3)21-10-13/h4-12H,1-3H3,(H,23,26). The summed E-state index contributed by atoms with van der Waals surface area (Å²) in [4.78, 5) is 21.8. The number of hydrogen-bond donors (Lipinski definition) is 1. The maximum atomic E-state index is 13.0. The van der Waals surface area contributed by atoms with E-state index in [1.165, 1.54) is 7.11 Å². The highest BCUT2D eigenvalue weighted by Crippen LogP contribution is 2.27. The highest BCUT2D eigenvalue weighted by atomic mass is 16.5. The van der Waals surface area contributed by atoms with Crippen molar-refractivity contribution in [3.63, 3.8) is 0 Å². The van der Waals surface area contributed by atoms with Gasteiger partial charge in [-0.2, -0.15) is 5.10 Å². The van der Waals surface area contributed by atoms with Crippen molar-refractivity contribution < 1.29 is 13.9 Å². The fraction of sp³-hybridized carbons (Fsp3) is 0.200. The Labute approximate surface area is 161 Å². The number of aromatic nitrogens is 4. The van der Waals surface area contributed by atoms with Crippen molar-refractivity contribution in [2.45, 2.75) is 19.9 Å². The van der Waals surface area contributed by atoms with E-state index in [1.54, 1.807) is 53.7 Å². The molecule has 0 aliphatic carbocycles. The number of ether oxygens (including phenoxy) is 1. The van der Waals surface area contributed by atoms with Crippen LogP contribution in [0.3, 0.4) is 0 Å². The number of pyridine rings is 2. The van der Waals surface area contributed by atoms with Crippen LogP contribution in [0.15, 0.2) is 53.4 Å². The molecule has 0 unspecified atom stereocenters. The lowest BCUT2D eigenvalue weighted by Crippen LogP contribution is -2.13. The molecule has 0 fully saturated rings. The van der Waals surface area contributed by atoms with E-state index in [1.807, 2.05) is 13.8 Å². The van der Waals surface area contributed by atoms with Gasteiger partial charge in [0.15, 0.2) is 11.4 Å². The van der Waals surface area contributed by atoms with Crippen LogP contribution in [-0.4, -0.2) is 32.8 Å². The summed E-state index contributed by atoms with van der Waals surface area (Å²) in [7, 11) is 1.54. The first-order valence-electron chi connectivity index (χ1n) is 8.80. The average Bonchev–Trinajstić information content (AvgIpc) is 3.37. The van der Waals surface area contributed by atoms with Gasteiger partial charge in [0, 0.05) is 12.1 Å². The molecule has 0 radical (unpaired) electrons. The van der Waals surface area contributed by atoms with Gasteiger partial charge in [-0.05, 0) is 38.1 Å². The molecule has 0 atom stereocenters. The summed E-state index contributed by atoms with van der Waals surface area (Å²) < 4.78 is 12.3. The number of nitrogens with zero attached hydrogens (tertiary/aromatic N) is 4. The van der Waals surface area contributed by atoms with Crippen LogP contribution in [0.25, 0.3) is 22.5 Å². The van der Waals surface area contributed by atoms with Crippen LogP contribution in [0.4, 0.5) is 5.69 Å². The van der Waals surface area contributed by atoms with Crippen molar-refractivity contribution >= 4 is 22.6 Å². The second kappa shape index (κ2) is 7.15. The molecule has 1 N–H and O–H groups in total. The minimum absolute atomic E-state index is 0.0959. The van der Waals surface area contributed by atoms with Crippen molar-refractivity contribution in [2.24, 2.45) is 0 Å². The van der Waals surface area contributed by atoms with Gasteiger partial charge in [-0.15, -0.1) is 0 Å². The van der Waals surface area contributed by atoms with Gasteiger partial charge < -0.3 is 14.5 Å². The van der Waals surface area contributed by atoms with Gasteiger partial charge in [-0.3, -0.25) is 4.79 Å². The Hall–Kier alpha value is -3.68. The molecule has 0 aliphatic heterocycles. The number of hydrogen-bond acceptors (Lipinski definition) is 6. The van der Waals surface area contributed by atoms with Crippen LogP contribution in [-0.2, 0) is 0 Å². The van der Waals surface area contributed by atoms with Crippen molar-refractivity contribution in [3.8, 4) is 17.3 Å². The third kappa shape index (κ3) is 3.20. The molecule has 8 nitrogen and oxygen atoms in total. The summed E-state index contributed by atoms with van der Waals surface area (Å²) in [5.41, 5.74) is 2.21. The van der Waals surface area contributed by atoms with Gasteiger partial charge in [0.2, 0.25) is 5.88 Å². The molecule has 4 heterocycles. The number of amides is 1. The minimum atomic E-state index is -0.282. The molecule has 8 heteroatoms. The number of furan rings is 1. The monoisotopic (exact) mass is 377 g/mol. The quantitative estimate of drug-likeness (QED) is 0.566. The van der Waals surface area contributed by atoms with Crippen LogP contribution in [0.2, 0.25) is 0 Å². The Kier molecular flexibility index (Phi) is 4.52. The third-order valence-electron chi connectivity index (χ3n) is 4.28. The lowest BCUT2D eigenvalue weighted by Gasteiger charge is -2.10. The van der Waals surface area contributed by atoms with Crippen LogP contribution < -0.4 is 10.1 Å². The molecular formula is C20H19N5O3. The summed E-state index contributed by atoms with van der Waals surface area (Å²) in [6, 6.07) is 8.80. The fourth-order valence-electron chi connectivity index (χ4n) is 2.91. The van der Waals surface area contributed by atoms with E-state index in [2.05, 4.69) is 20.4 Å². The molecule has 0 aliphatic rings. The van der Waals surface area contributed by atoms with E-state index in [4.69, 9.17) is 9.15 Å². The van der Waals surface area contributed by atoms with E-state index >= 15 is 0 Å². The molecule has 0 saturated heterocycles. The molecule has 0 bridgehead atoms. The summed E-state index contributed by atoms with van der Waals surface area (Å²) >= 11 is 0. The second-order valence-electron chi connectivity index (χ2n) is 6.50. The van der Waals surface area contributed by atoms with Gasteiger partial charge in [0.1, 0.15) is 5.69 Å². The Morgan fingerprint density at radius 1 is 1.25 bits per heavy atom. The molecule has 1 amide bonds. The smallest absolute Gasteiger partial charge is 0.256 e. The topological polar surface area (TPSA) is 95.1 Å². The van der Waals surface area contributed by atoms with Gasteiger partial charge in [-0.25, -0.2) is 14.6 Å². The number of carbonyl (C=O) groups excluding carboxylic acids is 1. The largest absolute Gasteiger partial charge is 0.481 e. The van der Waals surface area contributed by atoms with E-state index in [0.717, 1.165) is 0 Å². The van der Waals surface area contributed by atoms with Crippen LogP contribution >= 0.6 is 0 Å². The van der Waals surface area contributed by atoms with Gasteiger partial charge in [-0.1, -0.05) is 0 Å². The zero-order valence-electron chi connectivity index (χ0n) is 15.7. The Balaban J connectivity index is 1.78. The van der Waals surface area contributed by atoms with Crippen LogP contribution in [0, 0.1) is 0 Å². The summed E-state index contributed by atoms with van der Waals surface area (Å²) in [5.74, 6) is 0.775. The number of carbonyl (C=O) groups is 1. The molecule has 0 saturated carbocycles. The fourth-order valence-corrected chi connectivity index (χ4v) is 2.91. The lowest BCUT2D eigenvalue weighted by atomic mass is 10.1. The van der Waals surface area contributed by atoms with Crippen LogP contribution in [0.5, 0.6) is 5.88 Å². The first-order chi connectivity index (χ1) is 13.6. The highest BCUT2D eigenvalue weighted by molar-refractivity contribution is 6.12. The van der Waals surface area contributed by atoms with E-state index in [-0.39, 0.29) is 11.9 Å². The number of fused-ring (bicyclic) bond motifs is 1. The third-order valence-corrected chi connectivity index (χ3v) is 4.28. The Bertz CT molecular complexity index is 1110. The minimum Gasteiger partial charge on any atom is -0.481 e. The molecular weight excluding hydrogens is 358 g/mol. The SMILES string of the molecule is COc1ccc(NC(=O)c2cc(-c3ccco3)nc3c2cnn3C(C)C)cn1. The maximum Gasteiger partial charge on any atom is 0.256 e. The summed E-state index contributed by atoms with van der Waals surface area (Å²) in [6.45, 7) is 4.02. The number of anilines is 1. The molecule has 0 aromatic carbocycles. The average molecular weight is 377 g/mol. The van der Waals surface area contributed by atoms with E-state index in [9.17, 15) is 4.79 Å². The highest BCUT2D eigenvalue weighted by Gasteiger charge is 2.19. The van der Waals surface area contributed by atoms with E-state index in [0.29, 0.717) is 39.6 Å². The predicted molar refractivity (Wildman–Crippen MR) is 104 cm³/mol. The Morgan fingerprint density at radius 3 is 2.75 bits per heavy atom. The zero-order valence-corrected chi connectivity index (χ0v) is 15.7.